The van der Waals surface area contributed by atoms with Gasteiger partial charge in [-0.15, -0.1) is 11.8 Å². The number of carbonyl (C=O) groups excluding carboxylic acids is 1. The zero-order valence-electron chi connectivity index (χ0n) is 12.4. The number of fused-ring (bicyclic) bond motifs is 1. The highest BCUT2D eigenvalue weighted by atomic mass is 32.2. The molecule has 0 heterocycles. The molecule has 1 unspecified atom stereocenters. The molecule has 5 heteroatoms. The van der Waals surface area contributed by atoms with Crippen molar-refractivity contribution in [1.82, 2.24) is 5.32 Å². The summed E-state index contributed by atoms with van der Waals surface area (Å²) in [7, 11) is 0. The normalized spacial score (nSPS) is 19.6. The van der Waals surface area contributed by atoms with E-state index >= 15 is 0 Å². The summed E-state index contributed by atoms with van der Waals surface area (Å²) in [6.45, 7) is 4.33. The number of hydrogen-bond acceptors (Lipinski definition) is 3. The van der Waals surface area contributed by atoms with E-state index in [4.69, 9.17) is 5.11 Å². The van der Waals surface area contributed by atoms with Gasteiger partial charge in [0.05, 0.1) is 17.5 Å². The smallest absolute Gasteiger partial charge is 0.313 e. The molecule has 0 aliphatic heterocycles. The molecule has 1 atom stereocenters. The molecule has 1 aliphatic rings. The summed E-state index contributed by atoms with van der Waals surface area (Å²) in [5.74, 6) is -0.855. The fourth-order valence-corrected chi connectivity index (χ4v) is 3.32. The van der Waals surface area contributed by atoms with Crippen LogP contribution in [0, 0.1) is 5.41 Å². The van der Waals surface area contributed by atoms with Crippen LogP contribution >= 0.6 is 11.8 Å². The molecule has 4 nitrogen and oxygen atoms in total. The first kappa shape index (κ1) is 15.9. The Bertz CT molecular complexity index is 542. The van der Waals surface area contributed by atoms with E-state index in [0.29, 0.717) is 0 Å². The molecular weight excluding hydrogens is 286 g/mol. The molecule has 1 aromatic rings. The van der Waals surface area contributed by atoms with Crippen LogP contribution in [0.3, 0.4) is 0 Å². The summed E-state index contributed by atoms with van der Waals surface area (Å²) in [6, 6.07) is 8.20. The summed E-state index contributed by atoms with van der Waals surface area (Å²) >= 11 is 1.13. The second-order valence-electron chi connectivity index (χ2n) is 6.07. The van der Waals surface area contributed by atoms with Crippen molar-refractivity contribution in [2.24, 2.45) is 5.41 Å². The molecular formula is C16H21NO3S. The zero-order chi connectivity index (χ0) is 15.5. The van der Waals surface area contributed by atoms with Crippen LogP contribution in [0.2, 0.25) is 0 Å². The Morgan fingerprint density at radius 2 is 2.05 bits per heavy atom. The number of thioether (sulfide) groups is 1. The second kappa shape index (κ2) is 6.52. The highest BCUT2D eigenvalue weighted by molar-refractivity contribution is 8.00. The molecule has 1 aliphatic carbocycles. The van der Waals surface area contributed by atoms with E-state index in [0.717, 1.165) is 24.6 Å². The van der Waals surface area contributed by atoms with Gasteiger partial charge in [0.15, 0.2) is 0 Å². The summed E-state index contributed by atoms with van der Waals surface area (Å²) < 4.78 is 0. The van der Waals surface area contributed by atoms with Crippen molar-refractivity contribution in [2.45, 2.75) is 32.7 Å². The van der Waals surface area contributed by atoms with Crippen LogP contribution < -0.4 is 5.32 Å². The van der Waals surface area contributed by atoms with Gasteiger partial charge in [0, 0.05) is 0 Å². The van der Waals surface area contributed by atoms with Gasteiger partial charge in [-0.1, -0.05) is 38.1 Å². The van der Waals surface area contributed by atoms with Crippen molar-refractivity contribution in [1.29, 1.82) is 0 Å². The predicted octanol–water partition coefficient (Wildman–Crippen LogP) is 2.63. The monoisotopic (exact) mass is 307 g/mol. The van der Waals surface area contributed by atoms with Gasteiger partial charge in [-0.3, -0.25) is 9.59 Å². The maximum atomic E-state index is 12.1. The second-order valence-corrected chi connectivity index (χ2v) is 7.06. The molecule has 2 N–H and O–H groups in total. The van der Waals surface area contributed by atoms with Gasteiger partial charge in [0.2, 0.25) is 5.91 Å². The Kier molecular flexibility index (Phi) is 4.93. The van der Waals surface area contributed by atoms with Gasteiger partial charge < -0.3 is 10.4 Å². The van der Waals surface area contributed by atoms with Crippen LogP contribution in [0.4, 0.5) is 0 Å². The molecule has 0 aromatic heterocycles. The quantitative estimate of drug-likeness (QED) is 0.877. The lowest BCUT2D eigenvalue weighted by molar-refractivity contribution is -0.133. The largest absolute Gasteiger partial charge is 0.481 e. The Labute approximate surface area is 129 Å². The van der Waals surface area contributed by atoms with Crippen LogP contribution in [0.25, 0.3) is 0 Å². The van der Waals surface area contributed by atoms with Gasteiger partial charge in [0.25, 0.3) is 0 Å². The highest BCUT2D eigenvalue weighted by Gasteiger charge is 2.36. The van der Waals surface area contributed by atoms with Crippen LogP contribution in [-0.2, 0) is 16.0 Å². The number of nitrogens with one attached hydrogen (secondary N) is 1. The number of aliphatic carboxylic acids is 1. The first-order valence-corrected chi connectivity index (χ1v) is 8.22. The van der Waals surface area contributed by atoms with Crippen LogP contribution in [0.1, 0.15) is 37.4 Å². The molecule has 2 rings (SSSR count). The van der Waals surface area contributed by atoms with E-state index in [1.54, 1.807) is 0 Å². The number of carboxylic acids is 1. The third-order valence-electron chi connectivity index (χ3n) is 3.95. The first-order valence-electron chi connectivity index (χ1n) is 7.07. The van der Waals surface area contributed by atoms with Crippen molar-refractivity contribution >= 4 is 23.6 Å². The van der Waals surface area contributed by atoms with Crippen molar-refractivity contribution in [3.05, 3.63) is 35.4 Å². The van der Waals surface area contributed by atoms with E-state index in [2.05, 4.69) is 31.3 Å². The standard InChI is InChI=1S/C16H21NO3S/c1-16(2)8-7-11-5-3-4-6-12(11)15(16)17-13(18)9-21-10-14(19)20/h3-6,15H,7-10H2,1-2H3,(H,17,18)(H,19,20). The molecule has 114 valence electrons. The van der Waals surface area contributed by atoms with E-state index in [1.807, 2.05) is 12.1 Å². The van der Waals surface area contributed by atoms with Crippen molar-refractivity contribution in [2.75, 3.05) is 11.5 Å². The third kappa shape index (κ3) is 4.00. The number of carbonyl (C=O) groups is 2. The fourth-order valence-electron chi connectivity index (χ4n) is 2.77. The van der Waals surface area contributed by atoms with Crippen molar-refractivity contribution in [3.63, 3.8) is 0 Å². The Morgan fingerprint density at radius 1 is 1.33 bits per heavy atom. The van der Waals surface area contributed by atoms with Crippen molar-refractivity contribution < 1.29 is 14.7 Å². The van der Waals surface area contributed by atoms with Gasteiger partial charge >= 0.3 is 5.97 Å². The number of carboxylic acid groups (broad SMARTS) is 1. The van der Waals surface area contributed by atoms with Crippen molar-refractivity contribution in [3.8, 4) is 0 Å². The molecule has 1 amide bonds. The minimum absolute atomic E-state index is 0.00147. The van der Waals surface area contributed by atoms with Gasteiger partial charge in [-0.05, 0) is 29.4 Å². The van der Waals surface area contributed by atoms with Gasteiger partial charge in [0.1, 0.15) is 0 Å². The number of hydrogen-bond donors (Lipinski definition) is 2. The Hall–Kier alpha value is -1.49. The molecule has 0 saturated heterocycles. The summed E-state index contributed by atoms with van der Waals surface area (Å²) in [5.41, 5.74) is 2.48. The maximum absolute atomic E-state index is 12.1. The summed E-state index contributed by atoms with van der Waals surface area (Å²) in [6.07, 6.45) is 2.06. The maximum Gasteiger partial charge on any atom is 0.313 e. The number of aryl methyl sites for hydroxylation is 1. The molecule has 0 radical (unpaired) electrons. The summed E-state index contributed by atoms with van der Waals surface area (Å²) in [4.78, 5) is 22.6. The average Bonchev–Trinajstić information content (AvgIpc) is 2.42. The Morgan fingerprint density at radius 3 is 2.76 bits per heavy atom. The lowest BCUT2D eigenvalue weighted by Crippen LogP contribution is -2.41. The molecule has 0 fully saturated rings. The van der Waals surface area contributed by atoms with E-state index < -0.39 is 5.97 Å². The number of benzene rings is 1. The Balaban J connectivity index is 2.06. The topological polar surface area (TPSA) is 66.4 Å². The first-order chi connectivity index (χ1) is 9.90. The van der Waals surface area contributed by atoms with Crippen LogP contribution in [0.15, 0.2) is 24.3 Å². The number of rotatable bonds is 5. The van der Waals surface area contributed by atoms with Gasteiger partial charge in [-0.25, -0.2) is 0 Å². The minimum atomic E-state index is -0.892. The third-order valence-corrected chi connectivity index (χ3v) is 4.87. The lowest BCUT2D eigenvalue weighted by atomic mass is 9.70. The van der Waals surface area contributed by atoms with E-state index in [1.165, 1.54) is 11.1 Å². The average molecular weight is 307 g/mol. The molecule has 1 aromatic carbocycles. The molecule has 0 spiro atoms. The van der Waals surface area contributed by atoms with E-state index in [-0.39, 0.29) is 28.9 Å². The van der Waals surface area contributed by atoms with E-state index in [9.17, 15) is 9.59 Å². The minimum Gasteiger partial charge on any atom is -0.481 e. The zero-order valence-corrected chi connectivity index (χ0v) is 13.2. The lowest BCUT2D eigenvalue weighted by Gasteiger charge is -2.40. The van der Waals surface area contributed by atoms with Crippen LogP contribution in [0.5, 0.6) is 0 Å². The SMILES string of the molecule is CC1(C)CCc2ccccc2C1NC(=O)CSCC(=O)O. The molecule has 0 saturated carbocycles. The number of amides is 1. The predicted molar refractivity (Wildman–Crippen MR) is 84.4 cm³/mol. The molecule has 21 heavy (non-hydrogen) atoms. The summed E-state index contributed by atoms with van der Waals surface area (Å²) in [5, 5.41) is 11.7. The van der Waals surface area contributed by atoms with Gasteiger partial charge in [-0.2, -0.15) is 0 Å². The van der Waals surface area contributed by atoms with Crippen LogP contribution in [-0.4, -0.2) is 28.5 Å². The fraction of sp³-hybridized carbons (Fsp3) is 0.500. The highest BCUT2D eigenvalue weighted by Crippen LogP contribution is 2.43. The molecule has 0 bridgehead atoms.